The molecule has 0 saturated heterocycles. The molecule has 1 aliphatic rings. The van der Waals surface area contributed by atoms with Crippen molar-refractivity contribution < 1.29 is 9.90 Å². The summed E-state index contributed by atoms with van der Waals surface area (Å²) >= 11 is 0. The second kappa shape index (κ2) is 7.12. The lowest BCUT2D eigenvalue weighted by molar-refractivity contribution is 0.0944. The average molecular weight is 411 g/mol. The lowest BCUT2D eigenvalue weighted by Gasteiger charge is -2.21. The molecule has 30 heavy (non-hydrogen) atoms. The lowest BCUT2D eigenvalue weighted by Crippen LogP contribution is -2.37. The first-order valence-corrected chi connectivity index (χ1v) is 9.85. The molecule has 0 radical (unpaired) electrons. The summed E-state index contributed by atoms with van der Waals surface area (Å²) in [4.78, 5) is 34.3. The fourth-order valence-electron chi connectivity index (χ4n) is 3.18. The first-order chi connectivity index (χ1) is 14.1. The van der Waals surface area contributed by atoms with Gasteiger partial charge in [0.05, 0.1) is 5.69 Å². The molecule has 1 aliphatic carbocycles. The van der Waals surface area contributed by atoms with E-state index in [-0.39, 0.29) is 17.0 Å². The maximum absolute atomic E-state index is 13.2. The zero-order valence-corrected chi connectivity index (χ0v) is 17.4. The Morgan fingerprint density at radius 2 is 1.97 bits per heavy atom. The van der Waals surface area contributed by atoms with E-state index in [4.69, 9.17) is 0 Å². The van der Waals surface area contributed by atoms with Gasteiger partial charge in [0.25, 0.3) is 11.5 Å². The van der Waals surface area contributed by atoms with Gasteiger partial charge in [0, 0.05) is 31.0 Å². The molecule has 0 bridgehead atoms. The van der Waals surface area contributed by atoms with E-state index >= 15 is 0 Å². The molecule has 10 nitrogen and oxygen atoms in total. The molecule has 1 saturated carbocycles. The Kier molecular flexibility index (Phi) is 4.71. The molecule has 3 heterocycles. The summed E-state index contributed by atoms with van der Waals surface area (Å²) in [6, 6.07) is 1.70. The van der Waals surface area contributed by atoms with Crippen LogP contribution in [-0.2, 0) is 6.54 Å². The fourth-order valence-corrected chi connectivity index (χ4v) is 3.18. The minimum absolute atomic E-state index is 0.0533. The Balaban J connectivity index is 1.86. The molecule has 3 aromatic heterocycles. The number of aromatic nitrogens is 5. The van der Waals surface area contributed by atoms with E-state index in [1.54, 1.807) is 25.4 Å². The van der Waals surface area contributed by atoms with Crippen LogP contribution < -0.4 is 16.2 Å². The Labute approximate surface area is 173 Å². The molecule has 0 aromatic carbocycles. The molecule has 158 valence electrons. The second-order valence-electron chi connectivity index (χ2n) is 8.81. The first kappa shape index (κ1) is 19.9. The number of hydrogen-bond donors (Lipinski definition) is 3. The minimum Gasteiger partial charge on any atom is -0.492 e. The average Bonchev–Trinajstić information content (AvgIpc) is 3.36. The molecule has 0 aliphatic heterocycles. The largest absolute Gasteiger partial charge is 0.492 e. The van der Waals surface area contributed by atoms with E-state index in [9.17, 15) is 14.7 Å². The van der Waals surface area contributed by atoms with Gasteiger partial charge in [0.15, 0.2) is 17.2 Å². The summed E-state index contributed by atoms with van der Waals surface area (Å²) in [7, 11) is 0. The van der Waals surface area contributed by atoms with Crippen molar-refractivity contribution in [2.45, 2.75) is 53.1 Å². The van der Waals surface area contributed by atoms with Gasteiger partial charge in [0.1, 0.15) is 5.65 Å². The number of anilines is 2. The number of carbonyl (C=O) groups is 1. The van der Waals surface area contributed by atoms with Crippen LogP contribution in [0.2, 0.25) is 0 Å². The van der Waals surface area contributed by atoms with Crippen LogP contribution in [0.15, 0.2) is 23.3 Å². The van der Waals surface area contributed by atoms with Gasteiger partial charge in [-0.05, 0) is 25.2 Å². The maximum Gasteiger partial charge on any atom is 0.270 e. The van der Waals surface area contributed by atoms with Gasteiger partial charge < -0.3 is 15.7 Å². The highest BCUT2D eigenvalue weighted by Crippen LogP contribution is 2.25. The summed E-state index contributed by atoms with van der Waals surface area (Å²) < 4.78 is 2.69. The predicted octanol–water partition coefficient (Wildman–Crippen LogP) is 1.98. The number of nitrogens with one attached hydrogen (secondary N) is 2. The Hall–Kier alpha value is -3.43. The van der Waals surface area contributed by atoms with Crippen LogP contribution in [0.3, 0.4) is 0 Å². The zero-order chi connectivity index (χ0) is 21.6. The second-order valence-corrected chi connectivity index (χ2v) is 8.81. The fraction of sp³-hybridized carbons (Fsp3) is 0.450. The summed E-state index contributed by atoms with van der Waals surface area (Å²) in [6.45, 7) is 8.12. The number of amides is 1. The minimum atomic E-state index is -0.584. The monoisotopic (exact) mass is 411 g/mol. The van der Waals surface area contributed by atoms with Crippen LogP contribution in [0.1, 0.15) is 49.7 Å². The maximum atomic E-state index is 13.2. The SMILES string of the molecule is Cc1nccnc1Nc1cc2n(CC(C)(C)C)c(=O)c(C(=O)NC3CC3)c(O)n2n1. The molecule has 3 aromatic rings. The molecule has 1 amide bonds. The third-order valence-corrected chi connectivity index (χ3v) is 4.75. The Morgan fingerprint density at radius 1 is 1.27 bits per heavy atom. The van der Waals surface area contributed by atoms with Crippen LogP contribution in [0.5, 0.6) is 5.88 Å². The molecule has 3 N–H and O–H groups in total. The first-order valence-electron chi connectivity index (χ1n) is 9.85. The van der Waals surface area contributed by atoms with E-state index in [0.29, 0.717) is 29.5 Å². The molecule has 10 heteroatoms. The van der Waals surface area contributed by atoms with Gasteiger partial charge in [-0.2, -0.15) is 4.52 Å². The highest BCUT2D eigenvalue weighted by atomic mass is 16.3. The van der Waals surface area contributed by atoms with Gasteiger partial charge in [0.2, 0.25) is 5.88 Å². The van der Waals surface area contributed by atoms with E-state index in [0.717, 1.165) is 12.8 Å². The van der Waals surface area contributed by atoms with Gasteiger partial charge in [-0.15, -0.1) is 5.10 Å². The van der Waals surface area contributed by atoms with E-state index in [1.807, 2.05) is 20.8 Å². The smallest absolute Gasteiger partial charge is 0.270 e. The third-order valence-electron chi connectivity index (χ3n) is 4.75. The summed E-state index contributed by atoms with van der Waals surface area (Å²) in [5, 5.41) is 21.0. The van der Waals surface area contributed by atoms with Crippen LogP contribution in [0.4, 0.5) is 11.6 Å². The van der Waals surface area contributed by atoms with Crippen molar-refractivity contribution in [2.24, 2.45) is 5.41 Å². The normalized spacial score (nSPS) is 14.1. The van der Waals surface area contributed by atoms with E-state index in [2.05, 4.69) is 25.7 Å². The quantitative estimate of drug-likeness (QED) is 0.586. The molecule has 0 unspecified atom stereocenters. The summed E-state index contributed by atoms with van der Waals surface area (Å²) in [6.07, 6.45) is 4.89. The number of aromatic hydroxyl groups is 1. The van der Waals surface area contributed by atoms with E-state index in [1.165, 1.54) is 9.08 Å². The van der Waals surface area contributed by atoms with Gasteiger partial charge >= 0.3 is 0 Å². The standard InChI is InChI=1S/C20H25N7O3/c1-11-16(22-8-7-21-11)24-13-9-14-26(10-20(2,3)4)18(29)15(19(30)27(14)25-13)17(28)23-12-5-6-12/h7-9,12,30H,5-6,10H2,1-4H3,(H,23,28)(H,22,24,25). The number of fused-ring (bicyclic) bond motifs is 1. The van der Waals surface area contributed by atoms with Crippen molar-refractivity contribution in [3.05, 3.63) is 40.1 Å². The van der Waals surface area contributed by atoms with Crippen LogP contribution >= 0.6 is 0 Å². The summed E-state index contributed by atoms with van der Waals surface area (Å²) in [5.41, 5.74) is -0.0424. The highest BCUT2D eigenvalue weighted by molar-refractivity contribution is 5.96. The van der Waals surface area contributed by atoms with Crippen LogP contribution in [0.25, 0.3) is 5.65 Å². The molecular formula is C20H25N7O3. The number of hydrogen-bond acceptors (Lipinski definition) is 7. The highest BCUT2D eigenvalue weighted by Gasteiger charge is 2.30. The number of nitrogens with zero attached hydrogens (tertiary/aromatic N) is 5. The lowest BCUT2D eigenvalue weighted by atomic mass is 9.97. The molecule has 0 spiro atoms. The number of rotatable bonds is 5. The van der Waals surface area contributed by atoms with Gasteiger partial charge in [-0.3, -0.25) is 19.1 Å². The Bertz CT molecular complexity index is 1190. The molecule has 0 atom stereocenters. The van der Waals surface area contributed by atoms with Crippen molar-refractivity contribution in [2.75, 3.05) is 5.32 Å². The Morgan fingerprint density at radius 3 is 2.60 bits per heavy atom. The van der Waals surface area contributed by atoms with Crippen molar-refractivity contribution >= 4 is 23.2 Å². The van der Waals surface area contributed by atoms with Gasteiger partial charge in [-0.1, -0.05) is 20.8 Å². The topological polar surface area (TPSA) is 126 Å². The van der Waals surface area contributed by atoms with Crippen molar-refractivity contribution in [1.29, 1.82) is 0 Å². The molecular weight excluding hydrogens is 386 g/mol. The van der Waals surface area contributed by atoms with Crippen molar-refractivity contribution in [1.82, 2.24) is 29.5 Å². The number of aryl methyl sites for hydroxylation is 1. The summed E-state index contributed by atoms with van der Waals surface area (Å²) in [5.74, 6) is -0.186. The third kappa shape index (κ3) is 3.85. The zero-order valence-electron chi connectivity index (χ0n) is 17.4. The van der Waals surface area contributed by atoms with Gasteiger partial charge in [-0.25, -0.2) is 4.98 Å². The predicted molar refractivity (Wildman–Crippen MR) is 111 cm³/mol. The molecule has 1 fully saturated rings. The van der Waals surface area contributed by atoms with Crippen LogP contribution in [-0.4, -0.2) is 41.2 Å². The molecule has 4 rings (SSSR count). The van der Waals surface area contributed by atoms with Crippen molar-refractivity contribution in [3.63, 3.8) is 0 Å². The van der Waals surface area contributed by atoms with Crippen molar-refractivity contribution in [3.8, 4) is 5.88 Å². The van der Waals surface area contributed by atoms with E-state index < -0.39 is 17.3 Å². The number of carbonyl (C=O) groups excluding carboxylic acids is 1. The van der Waals surface area contributed by atoms with Crippen LogP contribution in [0, 0.1) is 12.3 Å².